The molecule has 1 aromatic rings. The lowest BCUT2D eigenvalue weighted by molar-refractivity contribution is -0.135. The standard InChI is InChI=1S/C18H26N2O4/c1-4-24-16-7-5-14(6-8-16)12-19(2)18(22)15-11-17(21)20(13-15)9-10-23-3/h5-8,15H,4,9-13H2,1-3H3. The predicted molar refractivity (Wildman–Crippen MR) is 90.6 cm³/mol. The van der Waals surface area contributed by atoms with Crippen molar-refractivity contribution >= 4 is 11.8 Å². The first-order valence-corrected chi connectivity index (χ1v) is 8.28. The molecule has 6 nitrogen and oxygen atoms in total. The molecule has 0 aliphatic carbocycles. The van der Waals surface area contributed by atoms with Crippen molar-refractivity contribution in [3.8, 4) is 5.75 Å². The van der Waals surface area contributed by atoms with Crippen LogP contribution in [0.2, 0.25) is 0 Å². The SMILES string of the molecule is CCOc1ccc(CN(C)C(=O)C2CC(=O)N(CCOC)C2)cc1. The zero-order chi connectivity index (χ0) is 17.5. The third-order valence-electron chi connectivity index (χ3n) is 4.16. The summed E-state index contributed by atoms with van der Waals surface area (Å²) >= 11 is 0. The molecule has 0 bridgehead atoms. The molecule has 1 fully saturated rings. The van der Waals surface area contributed by atoms with Gasteiger partial charge in [-0.3, -0.25) is 9.59 Å². The summed E-state index contributed by atoms with van der Waals surface area (Å²) in [5.74, 6) is 0.601. The normalized spacial score (nSPS) is 17.2. The Morgan fingerprint density at radius 3 is 2.67 bits per heavy atom. The Bertz CT molecular complexity index is 559. The Kier molecular flexibility index (Phi) is 6.61. The first-order valence-electron chi connectivity index (χ1n) is 8.28. The molecule has 1 aliphatic rings. The van der Waals surface area contributed by atoms with Crippen LogP contribution in [0.1, 0.15) is 18.9 Å². The van der Waals surface area contributed by atoms with Crippen molar-refractivity contribution < 1.29 is 19.1 Å². The van der Waals surface area contributed by atoms with Gasteiger partial charge >= 0.3 is 0 Å². The Balaban J connectivity index is 1.89. The van der Waals surface area contributed by atoms with Crippen molar-refractivity contribution in [3.63, 3.8) is 0 Å². The fraction of sp³-hybridized carbons (Fsp3) is 0.556. The van der Waals surface area contributed by atoms with Gasteiger partial charge in [0.15, 0.2) is 0 Å². The quantitative estimate of drug-likeness (QED) is 0.723. The summed E-state index contributed by atoms with van der Waals surface area (Å²) in [5.41, 5.74) is 1.04. The molecule has 1 heterocycles. The van der Waals surface area contributed by atoms with E-state index in [1.807, 2.05) is 31.2 Å². The minimum Gasteiger partial charge on any atom is -0.494 e. The molecule has 0 saturated carbocycles. The highest BCUT2D eigenvalue weighted by Gasteiger charge is 2.35. The number of ether oxygens (including phenoxy) is 2. The highest BCUT2D eigenvalue weighted by molar-refractivity contribution is 5.89. The highest BCUT2D eigenvalue weighted by Crippen LogP contribution is 2.21. The van der Waals surface area contributed by atoms with Crippen molar-refractivity contribution in [1.82, 2.24) is 9.80 Å². The third kappa shape index (κ3) is 4.71. The lowest BCUT2D eigenvalue weighted by Crippen LogP contribution is -2.35. The van der Waals surface area contributed by atoms with E-state index in [9.17, 15) is 9.59 Å². The third-order valence-corrected chi connectivity index (χ3v) is 4.16. The fourth-order valence-corrected chi connectivity index (χ4v) is 2.88. The van der Waals surface area contributed by atoms with Gasteiger partial charge in [0, 0.05) is 40.2 Å². The number of nitrogens with zero attached hydrogens (tertiary/aromatic N) is 2. The smallest absolute Gasteiger partial charge is 0.228 e. The molecule has 6 heteroatoms. The molecule has 1 aliphatic heterocycles. The maximum atomic E-state index is 12.6. The molecule has 132 valence electrons. The fourth-order valence-electron chi connectivity index (χ4n) is 2.88. The predicted octanol–water partition coefficient (Wildman–Crippen LogP) is 1.54. The Labute approximate surface area is 143 Å². The molecule has 1 atom stereocenters. The van der Waals surface area contributed by atoms with E-state index in [2.05, 4.69) is 0 Å². The summed E-state index contributed by atoms with van der Waals surface area (Å²) in [6.45, 7) is 4.62. The average molecular weight is 334 g/mol. The van der Waals surface area contributed by atoms with E-state index < -0.39 is 0 Å². The topological polar surface area (TPSA) is 59.1 Å². The number of amides is 2. The van der Waals surface area contributed by atoms with Crippen molar-refractivity contribution in [2.75, 3.05) is 40.5 Å². The second-order valence-electron chi connectivity index (χ2n) is 6.00. The van der Waals surface area contributed by atoms with Crippen LogP contribution in [0.15, 0.2) is 24.3 Å². The van der Waals surface area contributed by atoms with Crippen LogP contribution < -0.4 is 4.74 Å². The second-order valence-corrected chi connectivity index (χ2v) is 6.00. The molecule has 1 saturated heterocycles. The minimum atomic E-state index is -0.262. The summed E-state index contributed by atoms with van der Waals surface area (Å²) in [6.07, 6.45) is 0.288. The van der Waals surface area contributed by atoms with Crippen LogP contribution in [-0.2, 0) is 20.9 Å². The Morgan fingerprint density at radius 1 is 1.33 bits per heavy atom. The Hall–Kier alpha value is -2.08. The first kappa shape index (κ1) is 18.3. The van der Waals surface area contributed by atoms with Crippen molar-refractivity contribution in [2.24, 2.45) is 5.92 Å². The molecule has 2 rings (SSSR count). The summed E-state index contributed by atoms with van der Waals surface area (Å²) in [7, 11) is 3.38. The number of rotatable bonds is 8. The van der Waals surface area contributed by atoms with E-state index in [4.69, 9.17) is 9.47 Å². The van der Waals surface area contributed by atoms with Gasteiger partial charge in [-0.2, -0.15) is 0 Å². The Morgan fingerprint density at radius 2 is 2.04 bits per heavy atom. The summed E-state index contributed by atoms with van der Waals surface area (Å²) in [5, 5.41) is 0. The lowest BCUT2D eigenvalue weighted by Gasteiger charge is -2.21. The highest BCUT2D eigenvalue weighted by atomic mass is 16.5. The van der Waals surface area contributed by atoms with Crippen LogP contribution in [0.4, 0.5) is 0 Å². The van der Waals surface area contributed by atoms with E-state index in [1.165, 1.54) is 0 Å². The molecule has 24 heavy (non-hydrogen) atoms. The monoisotopic (exact) mass is 334 g/mol. The van der Waals surface area contributed by atoms with Gasteiger partial charge in [0.1, 0.15) is 5.75 Å². The molecule has 2 amide bonds. The molecular formula is C18H26N2O4. The number of likely N-dealkylation sites (tertiary alicyclic amines) is 1. The molecule has 0 N–H and O–H groups in total. The van der Waals surface area contributed by atoms with Crippen LogP contribution in [-0.4, -0.2) is 62.1 Å². The van der Waals surface area contributed by atoms with E-state index in [0.29, 0.717) is 32.8 Å². The van der Waals surface area contributed by atoms with E-state index in [1.54, 1.807) is 24.0 Å². The number of hydrogen-bond donors (Lipinski definition) is 0. The number of carbonyl (C=O) groups excluding carboxylic acids is 2. The van der Waals surface area contributed by atoms with Crippen LogP contribution in [0, 0.1) is 5.92 Å². The van der Waals surface area contributed by atoms with Crippen molar-refractivity contribution in [3.05, 3.63) is 29.8 Å². The summed E-state index contributed by atoms with van der Waals surface area (Å²) in [6, 6.07) is 7.73. The number of hydrogen-bond acceptors (Lipinski definition) is 4. The zero-order valence-corrected chi connectivity index (χ0v) is 14.7. The zero-order valence-electron chi connectivity index (χ0n) is 14.7. The van der Waals surface area contributed by atoms with Crippen LogP contribution in [0.25, 0.3) is 0 Å². The lowest BCUT2D eigenvalue weighted by atomic mass is 10.1. The van der Waals surface area contributed by atoms with Crippen LogP contribution in [0.3, 0.4) is 0 Å². The molecule has 1 unspecified atom stereocenters. The summed E-state index contributed by atoms with van der Waals surface area (Å²) < 4.78 is 10.4. The van der Waals surface area contributed by atoms with Crippen LogP contribution >= 0.6 is 0 Å². The van der Waals surface area contributed by atoms with Crippen molar-refractivity contribution in [2.45, 2.75) is 19.9 Å². The average Bonchev–Trinajstić information content (AvgIpc) is 2.95. The maximum Gasteiger partial charge on any atom is 0.228 e. The van der Waals surface area contributed by atoms with E-state index in [0.717, 1.165) is 11.3 Å². The van der Waals surface area contributed by atoms with E-state index >= 15 is 0 Å². The first-order chi connectivity index (χ1) is 11.5. The van der Waals surface area contributed by atoms with Gasteiger partial charge in [0.2, 0.25) is 11.8 Å². The molecular weight excluding hydrogens is 308 g/mol. The number of carbonyl (C=O) groups is 2. The van der Waals surface area contributed by atoms with Crippen LogP contribution in [0.5, 0.6) is 5.75 Å². The minimum absolute atomic E-state index is 0.0113. The molecule has 0 aromatic heterocycles. The van der Waals surface area contributed by atoms with Gasteiger partial charge in [-0.05, 0) is 24.6 Å². The van der Waals surface area contributed by atoms with Gasteiger partial charge in [-0.1, -0.05) is 12.1 Å². The second kappa shape index (κ2) is 8.68. The van der Waals surface area contributed by atoms with Crippen molar-refractivity contribution in [1.29, 1.82) is 0 Å². The number of methoxy groups -OCH3 is 1. The maximum absolute atomic E-state index is 12.6. The van der Waals surface area contributed by atoms with Gasteiger partial charge in [0.05, 0.1) is 19.1 Å². The van der Waals surface area contributed by atoms with Gasteiger partial charge in [-0.15, -0.1) is 0 Å². The van der Waals surface area contributed by atoms with Gasteiger partial charge in [-0.25, -0.2) is 0 Å². The summed E-state index contributed by atoms with van der Waals surface area (Å²) in [4.78, 5) is 27.9. The largest absolute Gasteiger partial charge is 0.494 e. The van der Waals surface area contributed by atoms with Gasteiger partial charge in [0.25, 0.3) is 0 Å². The molecule has 1 aromatic carbocycles. The molecule has 0 radical (unpaired) electrons. The van der Waals surface area contributed by atoms with E-state index in [-0.39, 0.29) is 24.2 Å². The number of benzene rings is 1. The molecule has 0 spiro atoms. The van der Waals surface area contributed by atoms with Gasteiger partial charge < -0.3 is 19.3 Å².